The van der Waals surface area contributed by atoms with Gasteiger partial charge in [0.05, 0.1) is 0 Å². The van der Waals surface area contributed by atoms with Gasteiger partial charge in [0.1, 0.15) is 6.67 Å². The SMILES string of the molecule is CC1CC(CF)=C(Cl)C=C1c1ccc(F)nc1. The third kappa shape index (κ3) is 2.55. The van der Waals surface area contributed by atoms with Gasteiger partial charge in [0.2, 0.25) is 5.95 Å². The summed E-state index contributed by atoms with van der Waals surface area (Å²) in [7, 11) is 0. The summed E-state index contributed by atoms with van der Waals surface area (Å²) >= 11 is 5.99. The zero-order valence-corrected chi connectivity index (χ0v) is 10.1. The first-order valence-electron chi connectivity index (χ1n) is 5.39. The van der Waals surface area contributed by atoms with Gasteiger partial charge in [-0.05, 0) is 47.3 Å². The predicted octanol–water partition coefficient (Wildman–Crippen LogP) is 4.11. The molecule has 0 saturated carbocycles. The summed E-state index contributed by atoms with van der Waals surface area (Å²) < 4.78 is 25.4. The van der Waals surface area contributed by atoms with Crippen molar-refractivity contribution in [2.24, 2.45) is 5.92 Å². The van der Waals surface area contributed by atoms with Crippen LogP contribution in [0.4, 0.5) is 8.78 Å². The largest absolute Gasteiger partial charge is 0.246 e. The van der Waals surface area contributed by atoms with Crippen molar-refractivity contribution < 1.29 is 8.78 Å². The highest BCUT2D eigenvalue weighted by atomic mass is 35.5. The average molecular weight is 256 g/mol. The summed E-state index contributed by atoms with van der Waals surface area (Å²) in [6, 6.07) is 2.97. The number of pyridine rings is 1. The zero-order chi connectivity index (χ0) is 12.4. The lowest BCUT2D eigenvalue weighted by molar-refractivity contribution is 0.517. The molecule has 0 fully saturated rings. The van der Waals surface area contributed by atoms with Crippen LogP contribution in [-0.4, -0.2) is 11.7 Å². The molecule has 1 aromatic heterocycles. The topological polar surface area (TPSA) is 12.9 Å². The maximum atomic E-state index is 12.7. The Bertz CT molecular complexity index is 477. The Labute approximate surface area is 104 Å². The highest BCUT2D eigenvalue weighted by molar-refractivity contribution is 6.32. The summed E-state index contributed by atoms with van der Waals surface area (Å²) in [6.07, 6.45) is 3.82. The molecular formula is C13H12ClF2N. The normalized spacial score (nSPS) is 20.5. The van der Waals surface area contributed by atoms with Crippen molar-refractivity contribution in [1.82, 2.24) is 4.98 Å². The van der Waals surface area contributed by atoms with Crippen LogP contribution in [0.1, 0.15) is 18.9 Å². The number of nitrogens with zero attached hydrogens (tertiary/aromatic N) is 1. The van der Waals surface area contributed by atoms with E-state index in [1.54, 1.807) is 12.1 Å². The molecule has 0 bridgehead atoms. The van der Waals surface area contributed by atoms with E-state index in [9.17, 15) is 8.78 Å². The Morgan fingerprint density at radius 2 is 2.24 bits per heavy atom. The highest BCUT2D eigenvalue weighted by Crippen LogP contribution is 2.36. The summed E-state index contributed by atoms with van der Waals surface area (Å²) in [5, 5.41) is 0.449. The minimum absolute atomic E-state index is 0.163. The standard InChI is InChI=1S/C13H12ClF2N/c1-8-4-10(6-15)12(14)5-11(8)9-2-3-13(16)17-7-9/h2-3,5,7-8H,4,6H2,1H3. The van der Waals surface area contributed by atoms with Crippen molar-refractivity contribution in [2.45, 2.75) is 13.3 Å². The van der Waals surface area contributed by atoms with Crippen LogP contribution in [0.3, 0.4) is 0 Å². The summed E-state index contributed by atoms with van der Waals surface area (Å²) in [6.45, 7) is 1.48. The molecule has 1 nitrogen and oxygen atoms in total. The number of halogens is 3. The van der Waals surface area contributed by atoms with E-state index >= 15 is 0 Å². The molecule has 0 aromatic carbocycles. The van der Waals surface area contributed by atoms with Gasteiger partial charge < -0.3 is 0 Å². The van der Waals surface area contributed by atoms with Crippen LogP contribution in [0.15, 0.2) is 35.0 Å². The van der Waals surface area contributed by atoms with Crippen LogP contribution in [0.25, 0.3) is 5.57 Å². The van der Waals surface area contributed by atoms with E-state index in [-0.39, 0.29) is 5.92 Å². The van der Waals surface area contributed by atoms with Gasteiger partial charge in [0, 0.05) is 11.2 Å². The molecule has 0 saturated heterocycles. The van der Waals surface area contributed by atoms with Crippen molar-refractivity contribution in [3.05, 3.63) is 46.5 Å². The molecule has 1 unspecified atom stereocenters. The minimum atomic E-state index is -0.519. The molecule has 0 aliphatic heterocycles. The first kappa shape index (κ1) is 12.2. The molecular weight excluding hydrogens is 244 g/mol. The van der Waals surface area contributed by atoms with Crippen molar-refractivity contribution in [3.63, 3.8) is 0 Å². The van der Waals surface area contributed by atoms with Crippen molar-refractivity contribution in [2.75, 3.05) is 6.67 Å². The van der Waals surface area contributed by atoms with Crippen LogP contribution < -0.4 is 0 Å². The van der Waals surface area contributed by atoms with Crippen LogP contribution in [0, 0.1) is 11.9 Å². The summed E-state index contributed by atoms with van der Waals surface area (Å²) in [4.78, 5) is 3.61. The zero-order valence-electron chi connectivity index (χ0n) is 9.38. The van der Waals surface area contributed by atoms with Gasteiger partial charge in [-0.2, -0.15) is 4.39 Å². The second-order valence-electron chi connectivity index (χ2n) is 4.16. The number of alkyl halides is 1. The van der Waals surface area contributed by atoms with Gasteiger partial charge in [0.25, 0.3) is 0 Å². The quantitative estimate of drug-likeness (QED) is 0.725. The van der Waals surface area contributed by atoms with E-state index in [1.807, 2.05) is 6.92 Å². The molecule has 1 heterocycles. The van der Waals surface area contributed by atoms with Crippen LogP contribution in [0.2, 0.25) is 0 Å². The Morgan fingerprint density at radius 1 is 1.47 bits per heavy atom. The second-order valence-corrected chi connectivity index (χ2v) is 4.57. The van der Waals surface area contributed by atoms with Gasteiger partial charge >= 0.3 is 0 Å². The van der Waals surface area contributed by atoms with Crippen LogP contribution in [0.5, 0.6) is 0 Å². The van der Waals surface area contributed by atoms with Crippen LogP contribution in [-0.2, 0) is 0 Å². The Balaban J connectivity index is 2.38. The maximum Gasteiger partial charge on any atom is 0.212 e. The van der Waals surface area contributed by atoms with E-state index in [2.05, 4.69) is 4.98 Å². The fraction of sp³-hybridized carbons (Fsp3) is 0.308. The van der Waals surface area contributed by atoms with Gasteiger partial charge in [-0.15, -0.1) is 0 Å². The predicted molar refractivity (Wildman–Crippen MR) is 64.8 cm³/mol. The first-order chi connectivity index (χ1) is 8.11. The number of aromatic nitrogens is 1. The highest BCUT2D eigenvalue weighted by Gasteiger charge is 2.20. The first-order valence-corrected chi connectivity index (χ1v) is 5.76. The Kier molecular flexibility index (Phi) is 3.57. The lowest BCUT2D eigenvalue weighted by Crippen LogP contribution is -2.08. The number of hydrogen-bond donors (Lipinski definition) is 0. The van der Waals surface area contributed by atoms with E-state index in [1.165, 1.54) is 12.3 Å². The third-order valence-electron chi connectivity index (χ3n) is 2.93. The molecule has 0 radical (unpaired) electrons. The molecule has 0 N–H and O–H groups in total. The monoisotopic (exact) mass is 255 g/mol. The summed E-state index contributed by atoms with van der Waals surface area (Å²) in [5.74, 6) is -0.348. The van der Waals surface area contributed by atoms with E-state index in [0.717, 1.165) is 11.1 Å². The average Bonchev–Trinajstić information content (AvgIpc) is 2.33. The molecule has 1 atom stereocenters. The Morgan fingerprint density at radius 3 is 2.82 bits per heavy atom. The lowest BCUT2D eigenvalue weighted by atomic mass is 9.85. The third-order valence-corrected chi connectivity index (χ3v) is 3.30. The number of allylic oxidation sites excluding steroid dienone is 4. The molecule has 0 amide bonds. The van der Waals surface area contributed by atoms with Gasteiger partial charge in [-0.3, -0.25) is 0 Å². The molecule has 1 aliphatic carbocycles. The second kappa shape index (κ2) is 4.96. The van der Waals surface area contributed by atoms with Gasteiger partial charge in [-0.1, -0.05) is 18.5 Å². The fourth-order valence-electron chi connectivity index (χ4n) is 1.99. The molecule has 0 spiro atoms. The molecule has 90 valence electrons. The van der Waals surface area contributed by atoms with Crippen molar-refractivity contribution >= 4 is 17.2 Å². The number of hydrogen-bond acceptors (Lipinski definition) is 1. The molecule has 1 aromatic rings. The molecule has 17 heavy (non-hydrogen) atoms. The van der Waals surface area contributed by atoms with Crippen LogP contribution >= 0.6 is 11.6 Å². The van der Waals surface area contributed by atoms with E-state index in [4.69, 9.17) is 11.6 Å². The van der Waals surface area contributed by atoms with Gasteiger partial charge in [-0.25, -0.2) is 9.37 Å². The minimum Gasteiger partial charge on any atom is -0.246 e. The molecule has 1 aliphatic rings. The maximum absolute atomic E-state index is 12.7. The Hall–Kier alpha value is -1.22. The summed E-state index contributed by atoms with van der Waals surface area (Å²) in [5.41, 5.74) is 2.42. The molecule has 2 rings (SSSR count). The van der Waals surface area contributed by atoms with Crippen molar-refractivity contribution in [1.29, 1.82) is 0 Å². The van der Waals surface area contributed by atoms with Gasteiger partial charge in [0.15, 0.2) is 0 Å². The van der Waals surface area contributed by atoms with E-state index < -0.39 is 12.6 Å². The smallest absolute Gasteiger partial charge is 0.212 e. The van der Waals surface area contributed by atoms with Crippen molar-refractivity contribution in [3.8, 4) is 0 Å². The molecule has 4 heteroatoms. The number of rotatable bonds is 2. The fourth-order valence-corrected chi connectivity index (χ4v) is 2.24. The van der Waals surface area contributed by atoms with E-state index in [0.29, 0.717) is 17.0 Å². The lowest BCUT2D eigenvalue weighted by Gasteiger charge is -2.22.